The lowest BCUT2D eigenvalue weighted by atomic mass is 9.71. The van der Waals surface area contributed by atoms with Crippen molar-refractivity contribution >= 4 is 0 Å². The van der Waals surface area contributed by atoms with E-state index in [1.165, 1.54) is 0 Å². The molecule has 0 bridgehead atoms. The Labute approximate surface area is 190 Å². The molecular weight excluding hydrogens is 408 g/mol. The number of rotatable bonds is 10. The van der Waals surface area contributed by atoms with E-state index in [-0.39, 0.29) is 19.3 Å². The van der Waals surface area contributed by atoms with E-state index in [4.69, 9.17) is 0 Å². The number of hydrogen-bond donors (Lipinski definition) is 6. The van der Waals surface area contributed by atoms with Crippen LogP contribution in [0.1, 0.15) is 46.7 Å². The van der Waals surface area contributed by atoms with Crippen molar-refractivity contribution in [3.8, 4) is 0 Å². The standard InChI is InChI=1S/C26H38O6/c1-6-25(31,13-20-16(2)9-7-10-17(20)3)24(30)26(32,23(29)22(28)15-27)14-21-18(4)11-8-12-19(21)5/h7-12,22-24,27-32H,6,13-15H2,1-5H3/t22-,23+,24+,25?,26+/m0/s1. The van der Waals surface area contributed by atoms with Crippen molar-refractivity contribution in [3.63, 3.8) is 0 Å². The van der Waals surface area contributed by atoms with Crippen LogP contribution in [-0.4, -0.2) is 66.8 Å². The normalized spacial score (nSPS) is 18.5. The maximum atomic E-state index is 11.7. The number of aryl methyl sites for hydroxylation is 4. The lowest BCUT2D eigenvalue weighted by Gasteiger charge is -2.46. The smallest absolute Gasteiger partial charge is 0.126 e. The van der Waals surface area contributed by atoms with Crippen LogP contribution in [0.25, 0.3) is 0 Å². The third kappa shape index (κ3) is 5.22. The minimum atomic E-state index is -2.32. The van der Waals surface area contributed by atoms with Gasteiger partial charge >= 0.3 is 0 Å². The highest BCUT2D eigenvalue weighted by Crippen LogP contribution is 2.36. The average Bonchev–Trinajstić information content (AvgIpc) is 2.77. The summed E-state index contributed by atoms with van der Waals surface area (Å²) in [5.41, 5.74) is 1.01. The van der Waals surface area contributed by atoms with Crippen molar-refractivity contribution < 1.29 is 30.6 Å². The largest absolute Gasteiger partial charge is 0.394 e. The van der Waals surface area contributed by atoms with Gasteiger partial charge < -0.3 is 30.6 Å². The second-order valence-corrected chi connectivity index (χ2v) is 9.14. The number of benzene rings is 2. The van der Waals surface area contributed by atoms with Gasteiger partial charge in [-0.05, 0) is 67.5 Å². The summed E-state index contributed by atoms with van der Waals surface area (Å²) >= 11 is 0. The van der Waals surface area contributed by atoms with Gasteiger partial charge in [-0.25, -0.2) is 0 Å². The van der Waals surface area contributed by atoms with Crippen LogP contribution in [0, 0.1) is 27.7 Å². The monoisotopic (exact) mass is 446 g/mol. The van der Waals surface area contributed by atoms with Gasteiger partial charge in [-0.3, -0.25) is 0 Å². The molecule has 178 valence electrons. The first-order valence-corrected chi connectivity index (χ1v) is 11.1. The van der Waals surface area contributed by atoms with Crippen LogP contribution in [-0.2, 0) is 12.8 Å². The fourth-order valence-electron chi connectivity index (χ4n) is 4.52. The van der Waals surface area contributed by atoms with Crippen LogP contribution < -0.4 is 0 Å². The zero-order valence-corrected chi connectivity index (χ0v) is 19.7. The highest BCUT2D eigenvalue weighted by Gasteiger charge is 2.54. The molecule has 2 aromatic carbocycles. The number of aliphatic hydroxyl groups is 6. The van der Waals surface area contributed by atoms with E-state index in [1.54, 1.807) is 6.92 Å². The third-order valence-corrected chi connectivity index (χ3v) is 6.89. The molecule has 0 aliphatic heterocycles. The van der Waals surface area contributed by atoms with Gasteiger partial charge in [0, 0.05) is 12.8 Å². The molecule has 5 atom stereocenters. The van der Waals surface area contributed by atoms with E-state index >= 15 is 0 Å². The molecule has 0 aliphatic carbocycles. The maximum absolute atomic E-state index is 11.7. The van der Waals surface area contributed by atoms with Crippen LogP contribution >= 0.6 is 0 Å². The SMILES string of the molecule is CCC(O)(Cc1c(C)cccc1C)[C@@H](O)[C@@](O)(Cc1c(C)cccc1C)[C@H](O)[C@@H](O)CO. The quantitative estimate of drug-likeness (QED) is 0.330. The molecule has 2 rings (SSSR count). The summed E-state index contributed by atoms with van der Waals surface area (Å²) in [5.74, 6) is 0. The highest BCUT2D eigenvalue weighted by atomic mass is 16.4. The summed E-state index contributed by atoms with van der Waals surface area (Å²) in [6.45, 7) is 8.44. The van der Waals surface area contributed by atoms with Crippen molar-refractivity contribution in [2.75, 3.05) is 6.61 Å². The third-order valence-electron chi connectivity index (χ3n) is 6.89. The molecule has 6 nitrogen and oxygen atoms in total. The Bertz CT molecular complexity index is 873. The van der Waals surface area contributed by atoms with Crippen molar-refractivity contribution in [1.29, 1.82) is 0 Å². The Morgan fingerprint density at radius 2 is 1.16 bits per heavy atom. The second kappa shape index (κ2) is 10.4. The number of aliphatic hydroxyl groups excluding tert-OH is 4. The Morgan fingerprint density at radius 3 is 1.53 bits per heavy atom. The fraction of sp³-hybridized carbons (Fsp3) is 0.538. The van der Waals surface area contributed by atoms with Crippen molar-refractivity contribution in [1.82, 2.24) is 0 Å². The molecular formula is C26H38O6. The van der Waals surface area contributed by atoms with E-state index in [9.17, 15) is 30.6 Å². The molecule has 0 amide bonds. The minimum Gasteiger partial charge on any atom is -0.394 e. The Hall–Kier alpha value is -1.80. The summed E-state index contributed by atoms with van der Waals surface area (Å²) < 4.78 is 0. The molecule has 1 unspecified atom stereocenters. The van der Waals surface area contributed by atoms with E-state index in [2.05, 4.69) is 0 Å². The second-order valence-electron chi connectivity index (χ2n) is 9.14. The molecule has 0 heterocycles. The summed E-state index contributed by atoms with van der Waals surface area (Å²) in [5, 5.41) is 65.2. The highest BCUT2D eigenvalue weighted by molar-refractivity contribution is 5.37. The van der Waals surface area contributed by atoms with Gasteiger partial charge in [0.15, 0.2) is 0 Å². The number of hydrogen-bond acceptors (Lipinski definition) is 6. The molecule has 2 aromatic rings. The first kappa shape index (κ1) is 26.5. The maximum Gasteiger partial charge on any atom is 0.126 e. The minimum absolute atomic E-state index is 0.0557. The van der Waals surface area contributed by atoms with Crippen LogP contribution in [0.3, 0.4) is 0 Å². The lowest BCUT2D eigenvalue weighted by molar-refractivity contribution is -0.229. The van der Waals surface area contributed by atoms with Gasteiger partial charge in [-0.15, -0.1) is 0 Å². The molecule has 0 fully saturated rings. The molecule has 0 saturated heterocycles. The zero-order chi connectivity index (χ0) is 24.3. The molecule has 6 heteroatoms. The Balaban J connectivity index is 2.57. The molecule has 6 N–H and O–H groups in total. The summed E-state index contributed by atoms with van der Waals surface area (Å²) in [4.78, 5) is 0. The molecule has 0 spiro atoms. The molecule has 0 saturated carbocycles. The van der Waals surface area contributed by atoms with Gasteiger partial charge in [0.25, 0.3) is 0 Å². The average molecular weight is 447 g/mol. The van der Waals surface area contributed by atoms with Crippen molar-refractivity contribution in [3.05, 3.63) is 69.8 Å². The lowest BCUT2D eigenvalue weighted by Crippen LogP contribution is -2.66. The van der Waals surface area contributed by atoms with Crippen LogP contribution in [0.2, 0.25) is 0 Å². The van der Waals surface area contributed by atoms with Crippen LogP contribution in [0.15, 0.2) is 36.4 Å². The molecule has 32 heavy (non-hydrogen) atoms. The van der Waals surface area contributed by atoms with Gasteiger partial charge in [0.05, 0.1) is 12.2 Å². The van der Waals surface area contributed by atoms with Crippen LogP contribution in [0.4, 0.5) is 0 Å². The molecule has 0 radical (unpaired) electrons. The zero-order valence-electron chi connectivity index (χ0n) is 19.7. The van der Waals surface area contributed by atoms with Gasteiger partial charge in [-0.2, -0.15) is 0 Å². The van der Waals surface area contributed by atoms with Gasteiger partial charge in [0.2, 0.25) is 0 Å². The Morgan fingerprint density at radius 1 is 0.750 bits per heavy atom. The predicted molar refractivity (Wildman–Crippen MR) is 125 cm³/mol. The van der Waals surface area contributed by atoms with Gasteiger partial charge in [0.1, 0.15) is 23.9 Å². The summed E-state index contributed by atoms with van der Waals surface area (Å²) in [7, 11) is 0. The van der Waals surface area contributed by atoms with E-state index < -0.39 is 36.1 Å². The predicted octanol–water partition coefficient (Wildman–Crippen LogP) is 1.65. The van der Waals surface area contributed by atoms with Gasteiger partial charge in [-0.1, -0.05) is 43.3 Å². The molecule has 0 aliphatic rings. The Kier molecular flexibility index (Phi) is 8.62. The first-order chi connectivity index (χ1) is 14.9. The van der Waals surface area contributed by atoms with Crippen molar-refractivity contribution in [2.24, 2.45) is 0 Å². The van der Waals surface area contributed by atoms with E-state index in [1.807, 2.05) is 64.1 Å². The summed E-state index contributed by atoms with van der Waals surface area (Å²) in [6.07, 6.45) is -5.45. The topological polar surface area (TPSA) is 121 Å². The fourth-order valence-corrected chi connectivity index (χ4v) is 4.52. The van der Waals surface area contributed by atoms with Crippen LogP contribution in [0.5, 0.6) is 0 Å². The summed E-state index contributed by atoms with van der Waals surface area (Å²) in [6, 6.07) is 11.3. The first-order valence-electron chi connectivity index (χ1n) is 11.1. The molecule has 0 aromatic heterocycles. The van der Waals surface area contributed by atoms with E-state index in [0.717, 1.165) is 27.8 Å². The van der Waals surface area contributed by atoms with Crippen molar-refractivity contribution in [2.45, 2.75) is 83.4 Å². The van der Waals surface area contributed by atoms with E-state index in [0.29, 0.717) is 5.56 Å².